The van der Waals surface area contributed by atoms with Crippen LogP contribution in [0.4, 0.5) is 11.4 Å². The molecule has 0 saturated carbocycles. The van der Waals surface area contributed by atoms with Crippen molar-refractivity contribution in [3.8, 4) is 0 Å². The third-order valence-corrected chi connectivity index (χ3v) is 3.14. The van der Waals surface area contributed by atoms with Crippen molar-refractivity contribution >= 4 is 28.9 Å². The van der Waals surface area contributed by atoms with Gasteiger partial charge in [-0.05, 0) is 25.1 Å². The van der Waals surface area contributed by atoms with Gasteiger partial charge in [0.25, 0.3) is 11.6 Å². The maximum Gasteiger partial charge on any atom is 0.271 e. The van der Waals surface area contributed by atoms with Crippen LogP contribution in [0.15, 0.2) is 59.7 Å². The number of amides is 2. The molecular formula is C17H16N4O4. The molecular weight excluding hydrogens is 324 g/mol. The lowest BCUT2D eigenvalue weighted by atomic mass is 10.2. The van der Waals surface area contributed by atoms with Crippen molar-refractivity contribution in [2.45, 2.75) is 13.3 Å². The van der Waals surface area contributed by atoms with Crippen molar-refractivity contribution in [3.63, 3.8) is 0 Å². The first kappa shape index (κ1) is 17.8. The van der Waals surface area contributed by atoms with Crippen molar-refractivity contribution in [1.82, 2.24) is 5.43 Å². The second kappa shape index (κ2) is 8.34. The quantitative estimate of drug-likeness (QED) is 0.478. The number of carbonyl (C=O) groups is 2. The summed E-state index contributed by atoms with van der Waals surface area (Å²) in [5.41, 5.74) is 3.27. The number of hydrazone groups is 1. The van der Waals surface area contributed by atoms with Crippen LogP contribution in [0.25, 0.3) is 0 Å². The molecule has 0 aliphatic carbocycles. The van der Waals surface area contributed by atoms with Gasteiger partial charge in [0.05, 0.1) is 11.3 Å². The van der Waals surface area contributed by atoms with Crippen LogP contribution < -0.4 is 10.7 Å². The van der Waals surface area contributed by atoms with E-state index in [2.05, 4.69) is 15.8 Å². The number of nitrogens with one attached hydrogen (secondary N) is 2. The summed E-state index contributed by atoms with van der Waals surface area (Å²) in [6, 6.07) is 14.3. The molecule has 0 heterocycles. The van der Waals surface area contributed by atoms with Crippen LogP contribution in [-0.2, 0) is 4.79 Å². The Bertz CT molecular complexity index is 818. The summed E-state index contributed by atoms with van der Waals surface area (Å²) in [4.78, 5) is 34.0. The Morgan fingerprint density at radius 1 is 1.12 bits per heavy atom. The van der Waals surface area contributed by atoms with Crippen LogP contribution >= 0.6 is 0 Å². The summed E-state index contributed by atoms with van der Waals surface area (Å²) in [6.45, 7) is 1.60. The molecule has 0 aromatic heterocycles. The average Bonchev–Trinajstić information content (AvgIpc) is 2.60. The van der Waals surface area contributed by atoms with Crippen molar-refractivity contribution in [1.29, 1.82) is 0 Å². The smallest absolute Gasteiger partial charge is 0.271 e. The molecule has 2 aromatic carbocycles. The number of hydrogen-bond donors (Lipinski definition) is 2. The molecule has 0 aliphatic heterocycles. The van der Waals surface area contributed by atoms with E-state index in [0.29, 0.717) is 11.4 Å². The molecule has 0 aliphatic rings. The van der Waals surface area contributed by atoms with Gasteiger partial charge in [0.2, 0.25) is 5.91 Å². The lowest BCUT2D eigenvalue weighted by Gasteiger charge is -2.05. The van der Waals surface area contributed by atoms with E-state index in [-0.39, 0.29) is 23.6 Å². The van der Waals surface area contributed by atoms with Crippen molar-refractivity contribution in [2.75, 3.05) is 5.32 Å². The molecule has 2 aromatic rings. The van der Waals surface area contributed by atoms with Gasteiger partial charge < -0.3 is 5.32 Å². The van der Waals surface area contributed by atoms with Gasteiger partial charge in [0.1, 0.15) is 0 Å². The van der Waals surface area contributed by atoms with Gasteiger partial charge in [-0.1, -0.05) is 24.3 Å². The van der Waals surface area contributed by atoms with Gasteiger partial charge in [-0.2, -0.15) is 5.10 Å². The minimum Gasteiger partial charge on any atom is -0.326 e. The summed E-state index contributed by atoms with van der Waals surface area (Å²) in [5.74, 6) is -0.858. The van der Waals surface area contributed by atoms with Gasteiger partial charge in [0, 0.05) is 29.1 Å². The molecule has 128 valence electrons. The van der Waals surface area contributed by atoms with E-state index in [1.54, 1.807) is 31.2 Å². The van der Waals surface area contributed by atoms with E-state index < -0.39 is 10.8 Å². The molecule has 2 amide bonds. The van der Waals surface area contributed by atoms with E-state index in [0.717, 1.165) is 6.07 Å². The van der Waals surface area contributed by atoms with Gasteiger partial charge >= 0.3 is 0 Å². The molecule has 8 heteroatoms. The lowest BCUT2D eigenvalue weighted by Crippen LogP contribution is -2.21. The standard InChI is InChI=1S/C17H16N4O4/c1-12(10-16(22)18-14-7-3-2-4-8-14)19-20-17(23)13-6-5-9-15(11-13)21(24)25/h2-9,11H,10H2,1H3,(H,18,22)(H,20,23)/b19-12+. The Morgan fingerprint density at radius 3 is 2.52 bits per heavy atom. The number of anilines is 1. The number of para-hydroxylation sites is 1. The maximum absolute atomic E-state index is 12.0. The maximum atomic E-state index is 12.0. The van der Waals surface area contributed by atoms with E-state index in [1.807, 2.05) is 6.07 Å². The molecule has 0 radical (unpaired) electrons. The highest BCUT2D eigenvalue weighted by atomic mass is 16.6. The Hall–Kier alpha value is -3.55. The van der Waals surface area contributed by atoms with Gasteiger partial charge in [-0.15, -0.1) is 0 Å². The first-order valence-corrected chi connectivity index (χ1v) is 7.38. The van der Waals surface area contributed by atoms with Crippen LogP contribution in [0.3, 0.4) is 0 Å². The Kier molecular flexibility index (Phi) is 5.94. The van der Waals surface area contributed by atoms with Crippen LogP contribution in [0.1, 0.15) is 23.7 Å². The number of hydrogen-bond acceptors (Lipinski definition) is 5. The number of rotatable bonds is 6. The lowest BCUT2D eigenvalue weighted by molar-refractivity contribution is -0.384. The first-order chi connectivity index (χ1) is 12.0. The summed E-state index contributed by atoms with van der Waals surface area (Å²) in [6.07, 6.45) is 0.00408. The van der Waals surface area contributed by atoms with E-state index >= 15 is 0 Å². The zero-order valence-corrected chi connectivity index (χ0v) is 13.4. The van der Waals surface area contributed by atoms with Crippen LogP contribution in [0, 0.1) is 10.1 Å². The topological polar surface area (TPSA) is 114 Å². The molecule has 25 heavy (non-hydrogen) atoms. The number of nitrogens with zero attached hydrogens (tertiary/aromatic N) is 2. The van der Waals surface area contributed by atoms with Crippen LogP contribution in [-0.4, -0.2) is 22.4 Å². The molecule has 0 bridgehead atoms. The first-order valence-electron chi connectivity index (χ1n) is 7.38. The summed E-state index contributed by atoms with van der Waals surface area (Å²) in [7, 11) is 0. The summed E-state index contributed by atoms with van der Waals surface area (Å²) in [5, 5.41) is 17.3. The minimum absolute atomic E-state index is 0.00408. The summed E-state index contributed by atoms with van der Waals surface area (Å²) < 4.78 is 0. The number of carbonyl (C=O) groups excluding carboxylic acids is 2. The van der Waals surface area contributed by atoms with Gasteiger partial charge in [-0.3, -0.25) is 19.7 Å². The molecule has 0 saturated heterocycles. The fraction of sp³-hybridized carbons (Fsp3) is 0.118. The minimum atomic E-state index is -0.591. The molecule has 0 fully saturated rings. The van der Waals surface area contributed by atoms with Crippen molar-refractivity contribution in [2.24, 2.45) is 5.10 Å². The fourth-order valence-electron chi connectivity index (χ4n) is 1.97. The predicted molar refractivity (Wildman–Crippen MR) is 93.4 cm³/mol. The highest BCUT2D eigenvalue weighted by Gasteiger charge is 2.11. The van der Waals surface area contributed by atoms with Crippen molar-refractivity contribution < 1.29 is 14.5 Å². The molecule has 0 atom stereocenters. The van der Waals surface area contributed by atoms with Gasteiger partial charge in [0.15, 0.2) is 0 Å². The molecule has 0 spiro atoms. The van der Waals surface area contributed by atoms with Crippen LogP contribution in [0.5, 0.6) is 0 Å². The Morgan fingerprint density at radius 2 is 1.84 bits per heavy atom. The normalized spacial score (nSPS) is 10.8. The molecule has 8 nitrogen and oxygen atoms in total. The fourth-order valence-corrected chi connectivity index (χ4v) is 1.97. The zero-order valence-electron chi connectivity index (χ0n) is 13.4. The SMILES string of the molecule is C/C(CC(=O)Nc1ccccc1)=N\NC(=O)c1cccc([N+](=O)[O-])c1. The van der Waals surface area contributed by atoms with E-state index in [4.69, 9.17) is 0 Å². The number of benzene rings is 2. The Labute approximate surface area is 143 Å². The average molecular weight is 340 g/mol. The van der Waals surface area contributed by atoms with E-state index in [9.17, 15) is 19.7 Å². The number of nitro benzene ring substituents is 1. The Balaban J connectivity index is 1.92. The van der Waals surface area contributed by atoms with Gasteiger partial charge in [-0.25, -0.2) is 5.43 Å². The van der Waals surface area contributed by atoms with E-state index in [1.165, 1.54) is 18.2 Å². The largest absolute Gasteiger partial charge is 0.326 e. The second-order valence-electron chi connectivity index (χ2n) is 5.19. The second-order valence-corrected chi connectivity index (χ2v) is 5.19. The third kappa shape index (κ3) is 5.54. The van der Waals surface area contributed by atoms with Crippen molar-refractivity contribution in [3.05, 3.63) is 70.3 Å². The van der Waals surface area contributed by atoms with Crippen LogP contribution in [0.2, 0.25) is 0 Å². The highest BCUT2D eigenvalue weighted by molar-refractivity contribution is 6.06. The molecule has 2 rings (SSSR count). The third-order valence-electron chi connectivity index (χ3n) is 3.14. The zero-order chi connectivity index (χ0) is 18.2. The number of nitro groups is 1. The molecule has 2 N–H and O–H groups in total. The summed E-state index contributed by atoms with van der Waals surface area (Å²) >= 11 is 0. The predicted octanol–water partition coefficient (Wildman–Crippen LogP) is 2.73. The monoisotopic (exact) mass is 340 g/mol. The number of non-ortho nitro benzene ring substituents is 1. The molecule has 0 unspecified atom stereocenters. The highest BCUT2D eigenvalue weighted by Crippen LogP contribution is 2.13.